The number of ether oxygens (including phenoxy) is 1. The summed E-state index contributed by atoms with van der Waals surface area (Å²) in [5.41, 5.74) is 8.07. The lowest BCUT2D eigenvalue weighted by Crippen LogP contribution is -2.33. The highest BCUT2D eigenvalue weighted by Crippen LogP contribution is 2.36. The normalized spacial score (nSPS) is 20.3. The van der Waals surface area contributed by atoms with Gasteiger partial charge in [0.2, 0.25) is 5.78 Å². The van der Waals surface area contributed by atoms with Crippen molar-refractivity contribution < 1.29 is 14.3 Å². The van der Waals surface area contributed by atoms with Gasteiger partial charge in [-0.1, -0.05) is 43.0 Å². The second-order valence-corrected chi connectivity index (χ2v) is 7.16. The van der Waals surface area contributed by atoms with Gasteiger partial charge in [0.1, 0.15) is 6.10 Å². The molecule has 0 aromatic rings. The quantitative estimate of drug-likeness (QED) is 0.412. The van der Waals surface area contributed by atoms with Gasteiger partial charge in [-0.25, -0.2) is 0 Å². The molecule has 0 aromatic heterocycles. The molecule has 4 nitrogen and oxygen atoms in total. The third kappa shape index (κ3) is 4.43. The van der Waals surface area contributed by atoms with Crippen molar-refractivity contribution in [3.8, 4) is 0 Å². The number of rotatable bonds is 7. The Hall–Kier alpha value is -1.81. The first kappa shape index (κ1) is 19.5. The van der Waals surface area contributed by atoms with Gasteiger partial charge in [0, 0.05) is 5.57 Å². The first-order valence-corrected chi connectivity index (χ1v) is 9.24. The minimum atomic E-state index is -0.484. The second kappa shape index (κ2) is 8.52. The van der Waals surface area contributed by atoms with Gasteiger partial charge < -0.3 is 10.5 Å². The summed E-state index contributed by atoms with van der Waals surface area (Å²) in [5, 5.41) is 0.310. The Kier molecular flexibility index (Phi) is 6.65. The number of hydrogen-bond acceptors (Lipinski definition) is 4. The van der Waals surface area contributed by atoms with E-state index >= 15 is 0 Å². The van der Waals surface area contributed by atoms with E-state index in [1.807, 2.05) is 13.8 Å². The lowest BCUT2D eigenvalue weighted by atomic mass is 9.88. The Morgan fingerprint density at radius 2 is 2.04 bits per heavy atom. The SMILES string of the molecule is CCCCCC1=CC(=O)C2=C(OC(CCC=C(C)C)C(Cl)=C2N)C1=O. The van der Waals surface area contributed by atoms with Crippen LogP contribution in [-0.2, 0) is 14.3 Å². The molecule has 1 heterocycles. The van der Waals surface area contributed by atoms with Gasteiger partial charge in [-0.05, 0) is 45.6 Å². The van der Waals surface area contributed by atoms with Crippen molar-refractivity contribution in [1.82, 2.24) is 0 Å². The molecule has 0 spiro atoms. The molecule has 1 atom stereocenters. The highest BCUT2D eigenvalue weighted by Gasteiger charge is 2.38. The number of carbonyl (C=O) groups is 2. The van der Waals surface area contributed by atoms with E-state index in [2.05, 4.69) is 13.0 Å². The minimum absolute atomic E-state index is 0.0723. The third-order valence-corrected chi connectivity index (χ3v) is 4.82. The van der Waals surface area contributed by atoms with Crippen LogP contribution in [0.5, 0.6) is 0 Å². The summed E-state index contributed by atoms with van der Waals surface area (Å²) in [6.45, 7) is 6.13. The average Bonchev–Trinajstić information content (AvgIpc) is 2.55. The van der Waals surface area contributed by atoms with Crippen molar-refractivity contribution in [3.63, 3.8) is 0 Å². The van der Waals surface area contributed by atoms with Crippen LogP contribution in [0.15, 0.2) is 45.4 Å². The fraction of sp³-hybridized carbons (Fsp3) is 0.500. The standard InChI is InChI=1S/C20H26ClNO3/c1-4-5-6-9-13-11-14(23)16-18(22)17(21)15(10-7-8-12(2)3)25-20(16)19(13)24/h8,11,15H,4-7,9-10,22H2,1-3H3. The Balaban J connectivity index is 2.21. The molecule has 2 N–H and O–H groups in total. The Bertz CT molecular complexity index is 694. The number of halogens is 1. The highest BCUT2D eigenvalue weighted by molar-refractivity contribution is 6.33. The molecule has 0 amide bonds. The smallest absolute Gasteiger partial charge is 0.224 e. The summed E-state index contributed by atoms with van der Waals surface area (Å²) in [4.78, 5) is 25.2. The van der Waals surface area contributed by atoms with E-state index < -0.39 is 6.10 Å². The summed E-state index contributed by atoms with van der Waals surface area (Å²) in [6, 6.07) is 0. The molecular weight excluding hydrogens is 338 g/mol. The zero-order valence-electron chi connectivity index (χ0n) is 15.2. The van der Waals surface area contributed by atoms with Crippen molar-refractivity contribution in [2.24, 2.45) is 5.73 Å². The van der Waals surface area contributed by atoms with E-state index in [9.17, 15) is 9.59 Å². The Morgan fingerprint density at radius 3 is 2.68 bits per heavy atom. The molecule has 5 heteroatoms. The monoisotopic (exact) mass is 363 g/mol. The molecule has 1 aliphatic carbocycles. The predicted octanol–water partition coefficient (Wildman–Crippen LogP) is 4.45. The molecular formula is C20H26ClNO3. The summed E-state index contributed by atoms with van der Waals surface area (Å²) in [7, 11) is 0. The van der Waals surface area contributed by atoms with Crippen LogP contribution in [0.3, 0.4) is 0 Å². The summed E-state index contributed by atoms with van der Waals surface area (Å²) >= 11 is 6.31. The first-order valence-electron chi connectivity index (χ1n) is 8.86. The molecule has 0 saturated carbocycles. The maximum atomic E-state index is 12.7. The lowest BCUT2D eigenvalue weighted by molar-refractivity contribution is -0.119. The van der Waals surface area contributed by atoms with Crippen LogP contribution in [0.1, 0.15) is 59.3 Å². The first-order chi connectivity index (χ1) is 11.9. The molecule has 0 saturated heterocycles. The lowest BCUT2D eigenvalue weighted by Gasteiger charge is -2.30. The second-order valence-electron chi connectivity index (χ2n) is 6.75. The van der Waals surface area contributed by atoms with Gasteiger partial charge in [0.05, 0.1) is 16.3 Å². The van der Waals surface area contributed by atoms with Crippen molar-refractivity contribution >= 4 is 23.2 Å². The molecule has 2 aliphatic rings. The van der Waals surface area contributed by atoms with Crippen LogP contribution in [0.2, 0.25) is 0 Å². The molecule has 1 unspecified atom stereocenters. The number of unbranched alkanes of at least 4 members (excludes halogenated alkanes) is 2. The van der Waals surface area contributed by atoms with Crippen molar-refractivity contribution in [2.45, 2.75) is 65.4 Å². The van der Waals surface area contributed by atoms with Gasteiger partial charge >= 0.3 is 0 Å². The molecule has 0 bridgehead atoms. The van der Waals surface area contributed by atoms with Crippen molar-refractivity contribution in [2.75, 3.05) is 0 Å². The molecule has 0 aromatic carbocycles. The maximum absolute atomic E-state index is 12.7. The fourth-order valence-corrected chi connectivity index (χ4v) is 3.23. The van der Waals surface area contributed by atoms with Crippen molar-refractivity contribution in [1.29, 1.82) is 0 Å². The van der Waals surface area contributed by atoms with Crippen LogP contribution >= 0.6 is 11.6 Å². The van der Waals surface area contributed by atoms with E-state index in [0.29, 0.717) is 23.4 Å². The maximum Gasteiger partial charge on any atom is 0.224 e. The van der Waals surface area contributed by atoms with Gasteiger partial charge in [-0.2, -0.15) is 0 Å². The van der Waals surface area contributed by atoms with Crippen LogP contribution in [0.4, 0.5) is 0 Å². The van der Waals surface area contributed by atoms with E-state index in [1.165, 1.54) is 11.6 Å². The largest absolute Gasteiger partial charge is 0.480 e. The topological polar surface area (TPSA) is 69.4 Å². The number of carbonyl (C=O) groups excluding carboxylic acids is 2. The number of nitrogens with two attached hydrogens (primary N) is 1. The van der Waals surface area contributed by atoms with Crippen LogP contribution in [-0.4, -0.2) is 17.7 Å². The Morgan fingerprint density at radius 1 is 1.32 bits per heavy atom. The summed E-state index contributed by atoms with van der Waals surface area (Å²) < 4.78 is 5.84. The van der Waals surface area contributed by atoms with E-state index in [-0.39, 0.29) is 28.6 Å². The van der Waals surface area contributed by atoms with E-state index in [0.717, 1.165) is 25.7 Å². The van der Waals surface area contributed by atoms with E-state index in [4.69, 9.17) is 22.1 Å². The average molecular weight is 364 g/mol. The van der Waals surface area contributed by atoms with Gasteiger partial charge in [-0.3, -0.25) is 9.59 Å². The van der Waals surface area contributed by atoms with Crippen LogP contribution in [0, 0.1) is 0 Å². The molecule has 2 rings (SSSR count). The van der Waals surface area contributed by atoms with Crippen LogP contribution < -0.4 is 5.73 Å². The zero-order valence-corrected chi connectivity index (χ0v) is 15.9. The number of Topliss-reactive ketones (excluding diaryl/α,β-unsaturated/α-hetero) is 1. The zero-order chi connectivity index (χ0) is 18.6. The third-order valence-electron chi connectivity index (χ3n) is 4.38. The summed E-state index contributed by atoms with van der Waals surface area (Å²) in [5.74, 6) is -0.451. The molecule has 25 heavy (non-hydrogen) atoms. The minimum Gasteiger partial charge on any atom is -0.480 e. The van der Waals surface area contributed by atoms with Gasteiger partial charge in [-0.15, -0.1) is 0 Å². The van der Waals surface area contributed by atoms with Crippen LogP contribution in [0.25, 0.3) is 0 Å². The highest BCUT2D eigenvalue weighted by atomic mass is 35.5. The van der Waals surface area contributed by atoms with Gasteiger partial charge in [0.25, 0.3) is 0 Å². The Labute approximate surface area is 154 Å². The van der Waals surface area contributed by atoms with Gasteiger partial charge in [0.15, 0.2) is 11.5 Å². The van der Waals surface area contributed by atoms with E-state index in [1.54, 1.807) is 0 Å². The number of ketones is 2. The summed E-state index contributed by atoms with van der Waals surface area (Å²) in [6.07, 6.45) is 7.89. The molecule has 1 aliphatic heterocycles. The molecule has 136 valence electrons. The molecule has 0 radical (unpaired) electrons. The molecule has 0 fully saturated rings. The fourth-order valence-electron chi connectivity index (χ4n) is 2.98. The number of hydrogen-bond donors (Lipinski definition) is 1. The van der Waals surface area contributed by atoms with Crippen molar-refractivity contribution in [3.05, 3.63) is 45.4 Å². The predicted molar refractivity (Wildman–Crippen MR) is 99.9 cm³/mol. The number of allylic oxidation sites excluding steroid dienone is 5.